The maximum atomic E-state index is 12.1. The monoisotopic (exact) mass is 306 g/mol. The Hall–Kier alpha value is -1.75. The van der Waals surface area contributed by atoms with Gasteiger partial charge in [-0.15, -0.1) is 0 Å². The molecule has 1 aromatic carbocycles. The van der Waals surface area contributed by atoms with Crippen LogP contribution in [0.3, 0.4) is 0 Å². The Bertz CT molecular complexity index is 467. The lowest BCUT2D eigenvalue weighted by atomic mass is 9.98. The van der Waals surface area contributed by atoms with Gasteiger partial charge in [-0.25, -0.2) is 4.79 Å². The van der Waals surface area contributed by atoms with Crippen LogP contribution in [0.5, 0.6) is 5.75 Å². The maximum absolute atomic E-state index is 12.1. The molecular formula is C17H26N2O3. The standard InChI is InChI=1S/C17H26N2O3/c1-13-3-5-16(6-4-13)22-14(2)11-18-17(21)19-9-7-15(12-20)8-10-19/h3-6,14-15,20H,7-12H2,1-2H3,(H,18,21). The SMILES string of the molecule is Cc1ccc(OC(C)CNC(=O)N2CCC(CO)CC2)cc1. The van der Waals surface area contributed by atoms with Gasteiger partial charge in [-0.3, -0.25) is 0 Å². The number of aryl methyl sites for hydroxylation is 1. The van der Waals surface area contributed by atoms with E-state index in [1.807, 2.05) is 43.0 Å². The maximum Gasteiger partial charge on any atom is 0.317 e. The van der Waals surface area contributed by atoms with Gasteiger partial charge in [0.1, 0.15) is 11.9 Å². The second-order valence-corrected chi connectivity index (χ2v) is 6.04. The molecule has 0 aromatic heterocycles. The highest BCUT2D eigenvalue weighted by Gasteiger charge is 2.22. The summed E-state index contributed by atoms with van der Waals surface area (Å²) in [5.74, 6) is 1.16. The van der Waals surface area contributed by atoms with Gasteiger partial charge < -0.3 is 20.1 Å². The van der Waals surface area contributed by atoms with E-state index >= 15 is 0 Å². The van der Waals surface area contributed by atoms with Gasteiger partial charge in [0.15, 0.2) is 0 Å². The number of benzene rings is 1. The average molecular weight is 306 g/mol. The van der Waals surface area contributed by atoms with Gasteiger partial charge in [-0.2, -0.15) is 0 Å². The molecule has 1 aromatic rings. The molecule has 1 saturated heterocycles. The Balaban J connectivity index is 1.70. The summed E-state index contributed by atoms with van der Waals surface area (Å²) >= 11 is 0. The first-order valence-corrected chi connectivity index (χ1v) is 7.95. The third-order valence-corrected chi connectivity index (χ3v) is 4.06. The molecule has 0 radical (unpaired) electrons. The molecule has 122 valence electrons. The molecular weight excluding hydrogens is 280 g/mol. The zero-order valence-corrected chi connectivity index (χ0v) is 13.4. The summed E-state index contributed by atoms with van der Waals surface area (Å²) in [5, 5.41) is 12.0. The summed E-state index contributed by atoms with van der Waals surface area (Å²) in [6, 6.07) is 7.84. The smallest absolute Gasteiger partial charge is 0.317 e. The number of hydrogen-bond donors (Lipinski definition) is 2. The summed E-state index contributed by atoms with van der Waals surface area (Å²) < 4.78 is 5.78. The van der Waals surface area contributed by atoms with Crippen molar-refractivity contribution in [2.45, 2.75) is 32.8 Å². The predicted molar refractivity (Wildman–Crippen MR) is 86.1 cm³/mol. The number of piperidine rings is 1. The second-order valence-electron chi connectivity index (χ2n) is 6.04. The number of rotatable bonds is 5. The number of urea groups is 1. The van der Waals surface area contributed by atoms with Gasteiger partial charge in [-0.05, 0) is 44.7 Å². The molecule has 1 aliphatic heterocycles. The number of ether oxygens (including phenoxy) is 1. The number of amides is 2. The first kappa shape index (κ1) is 16.6. The quantitative estimate of drug-likeness (QED) is 0.876. The summed E-state index contributed by atoms with van der Waals surface area (Å²) in [6.07, 6.45) is 1.67. The Morgan fingerprint density at radius 3 is 2.59 bits per heavy atom. The molecule has 0 spiro atoms. The second kappa shape index (κ2) is 8.03. The van der Waals surface area contributed by atoms with E-state index in [0.29, 0.717) is 25.6 Å². The molecule has 0 bridgehead atoms. The fourth-order valence-electron chi connectivity index (χ4n) is 2.55. The Morgan fingerprint density at radius 1 is 1.36 bits per heavy atom. The molecule has 1 heterocycles. The molecule has 0 aliphatic carbocycles. The first-order valence-electron chi connectivity index (χ1n) is 7.95. The molecule has 5 nitrogen and oxygen atoms in total. The molecule has 2 amide bonds. The fourth-order valence-corrected chi connectivity index (χ4v) is 2.55. The van der Waals surface area contributed by atoms with Gasteiger partial charge in [0.25, 0.3) is 0 Å². The van der Waals surface area contributed by atoms with Gasteiger partial charge in [0.2, 0.25) is 0 Å². The molecule has 0 saturated carbocycles. The van der Waals surface area contributed by atoms with Gasteiger partial charge in [0.05, 0.1) is 6.54 Å². The number of aliphatic hydroxyl groups is 1. The Kier molecular flexibility index (Phi) is 6.07. The van der Waals surface area contributed by atoms with Crippen LogP contribution < -0.4 is 10.1 Å². The zero-order valence-electron chi connectivity index (χ0n) is 13.4. The molecule has 1 unspecified atom stereocenters. The number of hydrogen-bond acceptors (Lipinski definition) is 3. The highest BCUT2D eigenvalue weighted by molar-refractivity contribution is 5.74. The van der Waals surface area contributed by atoms with Gasteiger partial charge >= 0.3 is 6.03 Å². The van der Waals surface area contributed by atoms with E-state index in [1.54, 1.807) is 0 Å². The van der Waals surface area contributed by atoms with Crippen molar-refractivity contribution in [1.82, 2.24) is 10.2 Å². The minimum Gasteiger partial charge on any atom is -0.489 e. The lowest BCUT2D eigenvalue weighted by molar-refractivity contribution is 0.134. The normalized spacial score (nSPS) is 17.1. The minimum atomic E-state index is -0.0818. The summed E-state index contributed by atoms with van der Waals surface area (Å²) in [6.45, 7) is 6.10. The van der Waals surface area contributed by atoms with Gasteiger partial charge in [0, 0.05) is 19.7 Å². The van der Waals surface area contributed by atoms with Crippen LogP contribution in [0.1, 0.15) is 25.3 Å². The van der Waals surface area contributed by atoms with Crippen molar-refractivity contribution in [1.29, 1.82) is 0 Å². The van der Waals surface area contributed by atoms with Crippen molar-refractivity contribution in [3.8, 4) is 5.75 Å². The molecule has 2 N–H and O–H groups in total. The van der Waals surface area contributed by atoms with E-state index in [-0.39, 0.29) is 18.7 Å². The molecule has 1 fully saturated rings. The molecule has 2 rings (SSSR count). The van der Waals surface area contributed by atoms with Crippen LogP contribution in [-0.4, -0.2) is 48.4 Å². The number of carbonyl (C=O) groups excluding carboxylic acids is 1. The van der Waals surface area contributed by atoms with Crippen molar-refractivity contribution >= 4 is 6.03 Å². The summed E-state index contributed by atoms with van der Waals surface area (Å²) in [5.41, 5.74) is 1.19. The largest absolute Gasteiger partial charge is 0.489 e. The van der Waals surface area contributed by atoms with E-state index in [9.17, 15) is 4.79 Å². The number of likely N-dealkylation sites (tertiary alicyclic amines) is 1. The van der Waals surface area contributed by atoms with Crippen molar-refractivity contribution in [2.75, 3.05) is 26.2 Å². The van der Waals surface area contributed by atoms with Crippen LogP contribution in [-0.2, 0) is 0 Å². The first-order chi connectivity index (χ1) is 10.6. The summed E-state index contributed by atoms with van der Waals surface area (Å²) in [7, 11) is 0. The highest BCUT2D eigenvalue weighted by Crippen LogP contribution is 2.16. The van der Waals surface area contributed by atoms with E-state index in [0.717, 1.165) is 18.6 Å². The van der Waals surface area contributed by atoms with E-state index in [1.165, 1.54) is 5.56 Å². The van der Waals surface area contributed by atoms with Crippen molar-refractivity contribution in [3.05, 3.63) is 29.8 Å². The van der Waals surface area contributed by atoms with Crippen LogP contribution in [0, 0.1) is 12.8 Å². The van der Waals surface area contributed by atoms with Crippen LogP contribution in [0.2, 0.25) is 0 Å². The third kappa shape index (κ3) is 4.91. The number of nitrogens with one attached hydrogen (secondary N) is 1. The lowest BCUT2D eigenvalue weighted by Crippen LogP contribution is -2.47. The predicted octanol–water partition coefficient (Wildman–Crippen LogP) is 2.18. The van der Waals surface area contributed by atoms with Gasteiger partial charge in [-0.1, -0.05) is 17.7 Å². The molecule has 22 heavy (non-hydrogen) atoms. The number of carbonyl (C=O) groups is 1. The minimum absolute atomic E-state index is 0.0456. The molecule has 5 heteroatoms. The third-order valence-electron chi connectivity index (χ3n) is 4.06. The lowest BCUT2D eigenvalue weighted by Gasteiger charge is -2.31. The highest BCUT2D eigenvalue weighted by atomic mass is 16.5. The molecule has 1 aliphatic rings. The van der Waals surface area contributed by atoms with Crippen molar-refractivity contribution < 1.29 is 14.6 Å². The number of nitrogens with zero attached hydrogens (tertiary/aromatic N) is 1. The Morgan fingerprint density at radius 2 is 2.00 bits per heavy atom. The fraction of sp³-hybridized carbons (Fsp3) is 0.588. The average Bonchev–Trinajstić information content (AvgIpc) is 2.55. The van der Waals surface area contributed by atoms with Crippen LogP contribution in [0.25, 0.3) is 0 Å². The number of aliphatic hydroxyl groups excluding tert-OH is 1. The van der Waals surface area contributed by atoms with Crippen LogP contribution in [0.15, 0.2) is 24.3 Å². The van der Waals surface area contributed by atoms with E-state index in [4.69, 9.17) is 9.84 Å². The van der Waals surface area contributed by atoms with Crippen LogP contribution >= 0.6 is 0 Å². The zero-order chi connectivity index (χ0) is 15.9. The Labute approximate surface area is 132 Å². The van der Waals surface area contributed by atoms with Crippen LogP contribution in [0.4, 0.5) is 4.79 Å². The van der Waals surface area contributed by atoms with Crippen molar-refractivity contribution in [2.24, 2.45) is 5.92 Å². The van der Waals surface area contributed by atoms with E-state index in [2.05, 4.69) is 5.32 Å². The van der Waals surface area contributed by atoms with Crippen molar-refractivity contribution in [3.63, 3.8) is 0 Å². The topological polar surface area (TPSA) is 61.8 Å². The van der Waals surface area contributed by atoms with E-state index < -0.39 is 0 Å². The summed E-state index contributed by atoms with van der Waals surface area (Å²) in [4.78, 5) is 13.9. The molecule has 1 atom stereocenters.